The van der Waals surface area contributed by atoms with Gasteiger partial charge < -0.3 is 10.4 Å². The minimum Gasteiger partial charge on any atom is -0.481 e. The van der Waals surface area contributed by atoms with Crippen molar-refractivity contribution in [1.29, 1.82) is 0 Å². The molecular formula is C13H16F3N3O2. The van der Waals surface area contributed by atoms with Gasteiger partial charge >= 0.3 is 12.1 Å². The molecule has 0 radical (unpaired) electrons. The van der Waals surface area contributed by atoms with Crippen molar-refractivity contribution in [3.8, 4) is 0 Å². The van der Waals surface area contributed by atoms with Crippen LogP contribution in [0.3, 0.4) is 0 Å². The fourth-order valence-corrected chi connectivity index (χ4v) is 2.60. The van der Waals surface area contributed by atoms with E-state index in [-0.39, 0.29) is 18.4 Å². The van der Waals surface area contributed by atoms with Crippen molar-refractivity contribution in [1.82, 2.24) is 9.97 Å². The summed E-state index contributed by atoms with van der Waals surface area (Å²) in [7, 11) is 0. The summed E-state index contributed by atoms with van der Waals surface area (Å²) in [5.74, 6) is -1.56. The molecule has 21 heavy (non-hydrogen) atoms. The van der Waals surface area contributed by atoms with Gasteiger partial charge in [-0.2, -0.15) is 13.2 Å². The van der Waals surface area contributed by atoms with Crippen LogP contribution in [0.5, 0.6) is 0 Å². The first-order valence-electron chi connectivity index (χ1n) is 6.75. The standard InChI is InChI=1S/C13H16F3N3O2/c14-13(15,16)10-5-6-17-12(19-10)18-7-8-3-1-2-4-9(8)11(20)21/h5-6,8-9H,1-4,7H2,(H,20,21)(H,17,18,19). The molecule has 5 nitrogen and oxygen atoms in total. The summed E-state index contributed by atoms with van der Waals surface area (Å²) >= 11 is 0. The lowest BCUT2D eigenvalue weighted by atomic mass is 9.79. The van der Waals surface area contributed by atoms with Crippen LogP contribution in [0.25, 0.3) is 0 Å². The van der Waals surface area contributed by atoms with E-state index >= 15 is 0 Å². The molecule has 1 fully saturated rings. The van der Waals surface area contributed by atoms with Crippen molar-refractivity contribution in [3.05, 3.63) is 18.0 Å². The van der Waals surface area contributed by atoms with E-state index in [1.165, 1.54) is 0 Å². The van der Waals surface area contributed by atoms with Crippen molar-refractivity contribution < 1.29 is 23.1 Å². The lowest BCUT2D eigenvalue weighted by molar-refractivity contribution is -0.144. The summed E-state index contributed by atoms with van der Waals surface area (Å²) in [6, 6.07) is 0.797. The Morgan fingerprint density at radius 3 is 2.76 bits per heavy atom. The highest BCUT2D eigenvalue weighted by Gasteiger charge is 2.33. The van der Waals surface area contributed by atoms with Crippen molar-refractivity contribution in [3.63, 3.8) is 0 Å². The minimum absolute atomic E-state index is 0.116. The number of hydrogen-bond donors (Lipinski definition) is 2. The topological polar surface area (TPSA) is 75.1 Å². The average molecular weight is 303 g/mol. The number of carboxylic acids is 1. The molecule has 1 aliphatic rings. The third kappa shape index (κ3) is 4.05. The number of aliphatic carboxylic acids is 1. The molecular weight excluding hydrogens is 287 g/mol. The van der Waals surface area contributed by atoms with Crippen LogP contribution in [0.4, 0.5) is 19.1 Å². The zero-order valence-corrected chi connectivity index (χ0v) is 11.2. The van der Waals surface area contributed by atoms with Gasteiger partial charge in [0.15, 0.2) is 0 Å². The first-order valence-corrected chi connectivity index (χ1v) is 6.75. The molecule has 1 saturated carbocycles. The van der Waals surface area contributed by atoms with E-state index in [1.54, 1.807) is 0 Å². The summed E-state index contributed by atoms with van der Waals surface area (Å²) in [4.78, 5) is 18.3. The van der Waals surface area contributed by atoms with Gasteiger partial charge in [-0.15, -0.1) is 0 Å². The normalized spacial score (nSPS) is 22.8. The van der Waals surface area contributed by atoms with Gasteiger partial charge in [0, 0.05) is 12.7 Å². The molecule has 2 rings (SSSR count). The Morgan fingerprint density at radius 2 is 2.10 bits per heavy atom. The molecule has 116 valence electrons. The largest absolute Gasteiger partial charge is 0.481 e. The number of nitrogens with zero attached hydrogens (tertiary/aromatic N) is 2. The number of alkyl halides is 3. The van der Waals surface area contributed by atoms with Gasteiger partial charge in [0.05, 0.1) is 5.92 Å². The van der Waals surface area contributed by atoms with Crippen LogP contribution in [0.15, 0.2) is 12.3 Å². The van der Waals surface area contributed by atoms with E-state index in [0.717, 1.165) is 31.5 Å². The third-order valence-electron chi connectivity index (χ3n) is 3.69. The highest BCUT2D eigenvalue weighted by atomic mass is 19.4. The fourth-order valence-electron chi connectivity index (χ4n) is 2.60. The Balaban J connectivity index is 2.00. The molecule has 2 N–H and O–H groups in total. The maximum atomic E-state index is 12.5. The van der Waals surface area contributed by atoms with E-state index in [2.05, 4.69) is 15.3 Å². The molecule has 0 saturated heterocycles. The number of hydrogen-bond acceptors (Lipinski definition) is 4. The molecule has 1 aliphatic carbocycles. The Labute approximate surface area is 119 Å². The predicted octanol–water partition coefficient (Wildman–Crippen LogP) is 2.80. The van der Waals surface area contributed by atoms with Crippen LogP contribution in [0.2, 0.25) is 0 Å². The fraction of sp³-hybridized carbons (Fsp3) is 0.615. The molecule has 1 aromatic heterocycles. The Morgan fingerprint density at radius 1 is 1.38 bits per heavy atom. The second-order valence-corrected chi connectivity index (χ2v) is 5.13. The van der Waals surface area contributed by atoms with Crippen LogP contribution in [0, 0.1) is 11.8 Å². The maximum Gasteiger partial charge on any atom is 0.433 e. The van der Waals surface area contributed by atoms with Crippen LogP contribution >= 0.6 is 0 Å². The van der Waals surface area contributed by atoms with Gasteiger partial charge in [-0.1, -0.05) is 12.8 Å². The first-order chi connectivity index (χ1) is 9.88. The number of aromatic nitrogens is 2. The highest BCUT2D eigenvalue weighted by molar-refractivity contribution is 5.70. The SMILES string of the molecule is O=C(O)C1CCCCC1CNc1nccc(C(F)(F)F)n1. The second kappa shape index (κ2) is 6.28. The summed E-state index contributed by atoms with van der Waals surface area (Å²) in [5, 5.41) is 11.9. The van der Waals surface area contributed by atoms with Gasteiger partial charge in [0.25, 0.3) is 0 Å². The third-order valence-corrected chi connectivity index (χ3v) is 3.69. The van der Waals surface area contributed by atoms with E-state index in [9.17, 15) is 18.0 Å². The summed E-state index contributed by atoms with van der Waals surface area (Å²) in [6.45, 7) is 0.262. The van der Waals surface area contributed by atoms with Crippen molar-refractivity contribution in [2.24, 2.45) is 11.8 Å². The number of nitrogens with one attached hydrogen (secondary N) is 1. The zero-order chi connectivity index (χ0) is 15.5. The van der Waals surface area contributed by atoms with Gasteiger partial charge in [-0.05, 0) is 24.8 Å². The zero-order valence-electron chi connectivity index (χ0n) is 11.2. The lowest BCUT2D eigenvalue weighted by Crippen LogP contribution is -2.32. The molecule has 0 aromatic carbocycles. The average Bonchev–Trinajstić information content (AvgIpc) is 2.45. The molecule has 8 heteroatoms. The molecule has 0 spiro atoms. The second-order valence-electron chi connectivity index (χ2n) is 5.13. The van der Waals surface area contributed by atoms with Gasteiger partial charge in [-0.25, -0.2) is 9.97 Å². The van der Waals surface area contributed by atoms with Crippen molar-refractivity contribution >= 4 is 11.9 Å². The van der Waals surface area contributed by atoms with Gasteiger partial charge in [0.2, 0.25) is 5.95 Å². The summed E-state index contributed by atoms with van der Waals surface area (Å²) in [6.07, 6.45) is -0.345. The van der Waals surface area contributed by atoms with Crippen LogP contribution in [0.1, 0.15) is 31.4 Å². The highest BCUT2D eigenvalue weighted by Crippen LogP contribution is 2.31. The van der Waals surface area contributed by atoms with Gasteiger partial charge in [0.1, 0.15) is 5.69 Å². The molecule has 2 atom stereocenters. The number of rotatable bonds is 4. The molecule has 0 amide bonds. The lowest BCUT2D eigenvalue weighted by Gasteiger charge is -2.28. The van der Waals surface area contributed by atoms with E-state index in [1.807, 2.05) is 0 Å². The predicted molar refractivity (Wildman–Crippen MR) is 68.6 cm³/mol. The number of carbonyl (C=O) groups is 1. The van der Waals surface area contributed by atoms with Gasteiger partial charge in [-0.3, -0.25) is 4.79 Å². The monoisotopic (exact) mass is 303 g/mol. The number of carboxylic acid groups (broad SMARTS) is 1. The Bertz CT molecular complexity index is 508. The van der Waals surface area contributed by atoms with Crippen LogP contribution in [-0.4, -0.2) is 27.6 Å². The first kappa shape index (κ1) is 15.5. The van der Waals surface area contributed by atoms with Crippen molar-refractivity contribution in [2.75, 3.05) is 11.9 Å². The molecule has 0 aliphatic heterocycles. The minimum atomic E-state index is -4.52. The Kier molecular flexibility index (Phi) is 4.64. The quantitative estimate of drug-likeness (QED) is 0.894. The van der Waals surface area contributed by atoms with E-state index in [4.69, 9.17) is 5.11 Å². The molecule has 0 bridgehead atoms. The molecule has 2 unspecified atom stereocenters. The molecule has 1 heterocycles. The number of halogens is 3. The number of anilines is 1. The smallest absolute Gasteiger partial charge is 0.433 e. The van der Waals surface area contributed by atoms with Crippen LogP contribution in [-0.2, 0) is 11.0 Å². The van der Waals surface area contributed by atoms with Crippen LogP contribution < -0.4 is 5.32 Å². The van der Waals surface area contributed by atoms with E-state index < -0.39 is 23.8 Å². The summed E-state index contributed by atoms with van der Waals surface area (Å²) < 4.78 is 37.6. The molecule has 1 aromatic rings. The van der Waals surface area contributed by atoms with E-state index in [0.29, 0.717) is 6.42 Å². The Hall–Kier alpha value is -1.86. The van der Waals surface area contributed by atoms with Crippen molar-refractivity contribution in [2.45, 2.75) is 31.9 Å². The summed E-state index contributed by atoms with van der Waals surface area (Å²) in [5.41, 5.74) is -1.02. The maximum absolute atomic E-state index is 12.5.